The molecule has 1 rings (SSSR count). The average Bonchev–Trinajstić information content (AvgIpc) is 2.18. The van der Waals surface area contributed by atoms with Crippen molar-refractivity contribution in [2.24, 2.45) is 0 Å². The molecule has 1 aromatic rings. The summed E-state index contributed by atoms with van der Waals surface area (Å²) in [6.07, 6.45) is 6.05. The van der Waals surface area contributed by atoms with Crippen molar-refractivity contribution < 1.29 is 4.39 Å². The fourth-order valence-electron chi connectivity index (χ4n) is 0.909. The normalized spacial score (nSPS) is 10.4. The highest BCUT2D eigenvalue weighted by Gasteiger charge is 2.01. The van der Waals surface area contributed by atoms with Gasteiger partial charge in [-0.25, -0.2) is 9.37 Å². The van der Waals surface area contributed by atoms with Crippen molar-refractivity contribution in [3.63, 3.8) is 0 Å². The minimum Gasteiger partial charge on any atom is -0.242 e. The van der Waals surface area contributed by atoms with E-state index in [-0.39, 0.29) is 5.69 Å². The first-order valence-corrected chi connectivity index (χ1v) is 5.18. The van der Waals surface area contributed by atoms with Crippen LogP contribution in [-0.4, -0.2) is 10.3 Å². The summed E-state index contributed by atoms with van der Waals surface area (Å²) in [6, 6.07) is 2.97. The Labute approximate surface area is 90.2 Å². The molecule has 0 N–H and O–H groups in total. The van der Waals surface area contributed by atoms with Gasteiger partial charge in [0.2, 0.25) is 0 Å². The van der Waals surface area contributed by atoms with E-state index in [0.717, 1.165) is 11.8 Å². The van der Waals surface area contributed by atoms with Crippen LogP contribution in [0.25, 0.3) is 6.08 Å². The summed E-state index contributed by atoms with van der Waals surface area (Å²) in [6.45, 7) is 0. The quantitative estimate of drug-likeness (QED) is 0.778. The fraction of sp³-hybridized carbons (Fsp3) is 0.200. The van der Waals surface area contributed by atoms with E-state index in [2.05, 4.69) is 20.9 Å². The molecule has 0 spiro atoms. The highest BCUT2D eigenvalue weighted by atomic mass is 79.9. The molecule has 0 aliphatic carbocycles. The van der Waals surface area contributed by atoms with Gasteiger partial charge in [0, 0.05) is 11.5 Å². The second kappa shape index (κ2) is 5.51. The Bertz CT molecular complexity index is 382. The van der Waals surface area contributed by atoms with Crippen LogP contribution in [0.2, 0.25) is 0 Å². The van der Waals surface area contributed by atoms with Gasteiger partial charge in [0.15, 0.2) is 11.5 Å². The van der Waals surface area contributed by atoms with Gasteiger partial charge in [0.1, 0.15) is 6.07 Å². The number of nitrogens with zero attached hydrogens (tertiary/aromatic N) is 2. The molecule has 0 aliphatic rings. The molecule has 0 bridgehead atoms. The Morgan fingerprint density at radius 3 is 3.00 bits per heavy atom. The lowest BCUT2D eigenvalue weighted by molar-refractivity contribution is 0.616. The van der Waals surface area contributed by atoms with E-state index in [1.165, 1.54) is 12.3 Å². The van der Waals surface area contributed by atoms with Crippen LogP contribution >= 0.6 is 15.9 Å². The lowest BCUT2D eigenvalue weighted by Gasteiger charge is -1.94. The van der Waals surface area contributed by atoms with Crippen LogP contribution in [0.15, 0.2) is 18.3 Å². The van der Waals surface area contributed by atoms with E-state index in [1.807, 2.05) is 6.08 Å². The van der Waals surface area contributed by atoms with Gasteiger partial charge in [-0.3, -0.25) is 0 Å². The molecule has 0 radical (unpaired) electrons. The summed E-state index contributed by atoms with van der Waals surface area (Å²) < 4.78 is 13.0. The number of rotatable bonds is 3. The van der Waals surface area contributed by atoms with Crippen LogP contribution in [0.1, 0.15) is 17.7 Å². The molecule has 1 aromatic heterocycles. The third kappa shape index (κ3) is 2.93. The minimum atomic E-state index is -0.575. The summed E-state index contributed by atoms with van der Waals surface area (Å²) in [5, 5.41) is 9.32. The van der Waals surface area contributed by atoms with Crippen molar-refractivity contribution in [3.05, 3.63) is 35.4 Å². The molecule has 14 heavy (non-hydrogen) atoms. The monoisotopic (exact) mass is 254 g/mol. The fourth-order valence-corrected chi connectivity index (χ4v) is 1.17. The van der Waals surface area contributed by atoms with Crippen molar-refractivity contribution in [2.75, 3.05) is 5.33 Å². The smallest absolute Gasteiger partial charge is 0.176 e. The molecule has 0 saturated carbocycles. The molecular weight excluding hydrogens is 247 g/mol. The maximum absolute atomic E-state index is 13.0. The van der Waals surface area contributed by atoms with Crippen LogP contribution in [0.3, 0.4) is 0 Å². The SMILES string of the molecule is N#Cc1ncc(C=CCCBr)cc1F. The second-order valence-corrected chi connectivity index (χ2v) is 3.38. The van der Waals surface area contributed by atoms with Crippen molar-refractivity contribution in [1.82, 2.24) is 4.98 Å². The molecule has 0 atom stereocenters. The minimum absolute atomic E-state index is 0.164. The number of hydrogen-bond acceptors (Lipinski definition) is 2. The molecule has 72 valence electrons. The van der Waals surface area contributed by atoms with Crippen LogP contribution in [0.5, 0.6) is 0 Å². The number of hydrogen-bond donors (Lipinski definition) is 0. The maximum atomic E-state index is 13.0. The third-order valence-corrected chi connectivity index (χ3v) is 2.01. The molecular formula is C10H8BrFN2. The Balaban J connectivity index is 2.82. The Morgan fingerprint density at radius 1 is 1.64 bits per heavy atom. The van der Waals surface area contributed by atoms with Gasteiger partial charge in [0.25, 0.3) is 0 Å². The molecule has 0 aliphatic heterocycles. The lowest BCUT2D eigenvalue weighted by atomic mass is 10.2. The predicted molar refractivity (Wildman–Crippen MR) is 56.4 cm³/mol. The number of alkyl halides is 1. The third-order valence-electron chi connectivity index (χ3n) is 1.55. The zero-order valence-electron chi connectivity index (χ0n) is 7.37. The van der Waals surface area contributed by atoms with Gasteiger partial charge in [0.05, 0.1) is 0 Å². The first-order valence-electron chi connectivity index (χ1n) is 4.06. The largest absolute Gasteiger partial charge is 0.242 e. The van der Waals surface area contributed by atoms with Crippen LogP contribution in [-0.2, 0) is 0 Å². The van der Waals surface area contributed by atoms with Gasteiger partial charge in [-0.2, -0.15) is 5.26 Å². The number of halogens is 2. The molecule has 0 amide bonds. The number of aromatic nitrogens is 1. The Kier molecular flexibility index (Phi) is 4.27. The van der Waals surface area contributed by atoms with Crippen molar-refractivity contribution in [3.8, 4) is 6.07 Å². The van der Waals surface area contributed by atoms with E-state index in [9.17, 15) is 4.39 Å². The molecule has 4 heteroatoms. The van der Waals surface area contributed by atoms with E-state index in [1.54, 1.807) is 12.1 Å². The predicted octanol–water partition coefficient (Wildman–Crippen LogP) is 2.89. The van der Waals surface area contributed by atoms with E-state index < -0.39 is 5.82 Å². The summed E-state index contributed by atoms with van der Waals surface area (Å²) in [5.41, 5.74) is 0.505. The topological polar surface area (TPSA) is 36.7 Å². The summed E-state index contributed by atoms with van der Waals surface area (Å²) in [7, 11) is 0. The highest BCUT2D eigenvalue weighted by Crippen LogP contribution is 2.08. The molecule has 0 aromatic carbocycles. The van der Waals surface area contributed by atoms with Crippen molar-refractivity contribution in [2.45, 2.75) is 6.42 Å². The molecule has 0 unspecified atom stereocenters. The Morgan fingerprint density at radius 2 is 2.43 bits per heavy atom. The number of allylic oxidation sites excluding steroid dienone is 1. The first kappa shape index (κ1) is 10.9. The second-order valence-electron chi connectivity index (χ2n) is 2.59. The van der Waals surface area contributed by atoms with Crippen molar-refractivity contribution in [1.29, 1.82) is 5.26 Å². The van der Waals surface area contributed by atoms with Gasteiger partial charge in [-0.05, 0) is 18.1 Å². The van der Waals surface area contributed by atoms with E-state index >= 15 is 0 Å². The van der Waals surface area contributed by atoms with Gasteiger partial charge < -0.3 is 0 Å². The molecule has 0 saturated heterocycles. The zero-order chi connectivity index (χ0) is 10.4. The zero-order valence-corrected chi connectivity index (χ0v) is 8.96. The maximum Gasteiger partial charge on any atom is 0.176 e. The van der Waals surface area contributed by atoms with Crippen LogP contribution < -0.4 is 0 Å². The number of pyridine rings is 1. The molecule has 1 heterocycles. The Hall–Kier alpha value is -1.21. The van der Waals surface area contributed by atoms with Crippen LogP contribution in [0.4, 0.5) is 4.39 Å². The average molecular weight is 255 g/mol. The molecule has 2 nitrogen and oxygen atoms in total. The van der Waals surface area contributed by atoms with Gasteiger partial charge in [-0.1, -0.05) is 28.1 Å². The summed E-state index contributed by atoms with van der Waals surface area (Å²) in [4.78, 5) is 3.68. The van der Waals surface area contributed by atoms with Gasteiger partial charge >= 0.3 is 0 Å². The van der Waals surface area contributed by atoms with Gasteiger partial charge in [-0.15, -0.1) is 0 Å². The summed E-state index contributed by atoms with van der Waals surface area (Å²) in [5.74, 6) is -0.575. The van der Waals surface area contributed by atoms with E-state index in [0.29, 0.717) is 5.56 Å². The number of nitriles is 1. The lowest BCUT2D eigenvalue weighted by Crippen LogP contribution is -1.89. The van der Waals surface area contributed by atoms with E-state index in [4.69, 9.17) is 5.26 Å². The molecule has 0 fully saturated rings. The standard InChI is InChI=1S/C10H8BrFN2/c11-4-2-1-3-8-5-9(12)10(6-13)14-7-8/h1,3,5,7H,2,4H2. The van der Waals surface area contributed by atoms with Crippen LogP contribution in [0, 0.1) is 17.1 Å². The highest BCUT2D eigenvalue weighted by molar-refractivity contribution is 9.09. The summed E-state index contributed by atoms with van der Waals surface area (Å²) >= 11 is 3.28. The first-order chi connectivity index (χ1) is 6.77. The van der Waals surface area contributed by atoms with Crippen molar-refractivity contribution >= 4 is 22.0 Å².